The molecule has 1 aromatic carbocycles. The Morgan fingerprint density at radius 3 is 1.74 bits per heavy atom. The molecule has 0 bridgehead atoms. The summed E-state index contributed by atoms with van der Waals surface area (Å²) in [5.74, 6) is -2.60. The van der Waals surface area contributed by atoms with Crippen molar-refractivity contribution in [3.63, 3.8) is 0 Å². The molecule has 0 spiro atoms. The van der Waals surface area contributed by atoms with Crippen molar-refractivity contribution < 1.29 is 19.8 Å². The summed E-state index contributed by atoms with van der Waals surface area (Å²) in [6, 6.07) is 8.83. The monoisotopic (exact) mass is 390 g/mol. The van der Waals surface area contributed by atoms with Crippen LogP contribution in [0.1, 0.15) is 26.3 Å². The van der Waals surface area contributed by atoms with E-state index in [2.05, 4.69) is 0 Å². The molecule has 0 aliphatic rings. The van der Waals surface area contributed by atoms with Gasteiger partial charge in [0.2, 0.25) is 0 Å². The summed E-state index contributed by atoms with van der Waals surface area (Å²) >= 11 is 0. The fraction of sp³-hybridized carbons (Fsp3) is 0.429. The molecule has 0 radical (unpaired) electrons. The van der Waals surface area contributed by atoms with E-state index >= 15 is 0 Å². The molecule has 0 amide bonds. The Morgan fingerprint density at radius 1 is 1.00 bits per heavy atom. The van der Waals surface area contributed by atoms with Crippen LogP contribution in [0.5, 0.6) is 0 Å². The van der Waals surface area contributed by atoms with Gasteiger partial charge in [-0.2, -0.15) is 0 Å². The van der Waals surface area contributed by atoms with Crippen molar-refractivity contribution in [2.75, 3.05) is 0 Å². The van der Waals surface area contributed by atoms with Gasteiger partial charge in [-0.1, -0.05) is 51.1 Å². The summed E-state index contributed by atoms with van der Waals surface area (Å²) in [5, 5.41) is 18.8. The second kappa shape index (κ2) is 6.95. The van der Waals surface area contributed by atoms with E-state index in [9.17, 15) is 19.8 Å². The predicted molar refractivity (Wildman–Crippen MR) is 75.8 cm³/mol. The Balaban J connectivity index is 0.00000324. The number of carboxylic acid groups (broad SMARTS) is 2. The Bertz CT molecular complexity index is 434. The number of hydrogen-bond acceptors (Lipinski definition) is 2. The van der Waals surface area contributed by atoms with Crippen LogP contribution in [0.4, 0.5) is 0 Å². The maximum atomic E-state index is 11.5. The Kier molecular flexibility index (Phi) is 6.85. The Morgan fingerprint density at radius 2 is 1.42 bits per heavy atom. The quantitative estimate of drug-likeness (QED) is 0.605. The average Bonchev–Trinajstić information content (AvgIpc) is 2.24. The molecule has 0 fully saturated rings. The van der Waals surface area contributed by atoms with Crippen LogP contribution in [-0.2, 0) is 16.0 Å². The molecule has 0 saturated carbocycles. The summed E-state index contributed by atoms with van der Waals surface area (Å²) in [6.07, 6.45) is -0.0258. The summed E-state index contributed by atoms with van der Waals surface area (Å²) in [5.41, 5.74) is -2.01. The van der Waals surface area contributed by atoms with Gasteiger partial charge in [0.1, 0.15) is 0 Å². The normalized spacial score (nSPS) is 11.5. The van der Waals surface area contributed by atoms with Crippen LogP contribution in [0.15, 0.2) is 30.3 Å². The van der Waals surface area contributed by atoms with Crippen molar-refractivity contribution in [2.45, 2.75) is 27.2 Å². The first-order valence-corrected chi connectivity index (χ1v) is 5.72. The van der Waals surface area contributed by atoms with Crippen molar-refractivity contribution in [1.82, 2.24) is 0 Å². The van der Waals surface area contributed by atoms with Gasteiger partial charge in [0, 0.05) is 0 Å². The van der Waals surface area contributed by atoms with Gasteiger partial charge in [-0.3, -0.25) is 9.59 Å². The molecule has 0 aromatic heterocycles. The number of aliphatic carboxylic acids is 2. The van der Waals surface area contributed by atoms with Crippen LogP contribution in [0.2, 0.25) is 0 Å². The number of carboxylic acids is 2. The van der Waals surface area contributed by atoms with Gasteiger partial charge in [0.15, 0.2) is 5.41 Å². The van der Waals surface area contributed by atoms with Crippen molar-refractivity contribution in [2.24, 2.45) is 10.8 Å². The Labute approximate surface area is 153 Å². The number of carbonyl (C=O) groups is 2. The third-order valence-electron chi connectivity index (χ3n) is 3.32. The van der Waals surface area contributed by atoms with Crippen LogP contribution in [-0.4, -0.2) is 71.0 Å². The van der Waals surface area contributed by atoms with Gasteiger partial charge in [0.25, 0.3) is 0 Å². The van der Waals surface area contributed by atoms with E-state index in [-0.39, 0.29) is 55.3 Å². The first-order valence-electron chi connectivity index (χ1n) is 5.72. The van der Waals surface area contributed by atoms with E-state index in [1.165, 1.54) is 0 Å². The fourth-order valence-electron chi connectivity index (χ4n) is 2.05. The summed E-state index contributed by atoms with van der Waals surface area (Å²) in [4.78, 5) is 23.1. The third kappa shape index (κ3) is 3.86. The molecule has 5 heteroatoms. The standard InChI is InChI=1S/C14H18O4.Ba.2H/c1-13(2,3)14(11(15)16,12(17)18)9-10-7-5-4-6-8-10;;;/h4-8H,9H2,1-3H3,(H,15,16)(H,17,18);;;. The van der Waals surface area contributed by atoms with Crippen molar-refractivity contribution >= 4 is 60.8 Å². The van der Waals surface area contributed by atoms with Crippen LogP contribution in [0.3, 0.4) is 0 Å². The topological polar surface area (TPSA) is 74.6 Å². The van der Waals surface area contributed by atoms with E-state index in [4.69, 9.17) is 0 Å². The van der Waals surface area contributed by atoms with E-state index in [0.29, 0.717) is 5.56 Å². The van der Waals surface area contributed by atoms with E-state index in [0.717, 1.165) is 0 Å². The molecule has 1 rings (SSSR count). The Hall–Kier alpha value is -0.269. The molecule has 102 valence electrons. The van der Waals surface area contributed by atoms with Crippen molar-refractivity contribution in [1.29, 1.82) is 0 Å². The van der Waals surface area contributed by atoms with Gasteiger partial charge in [-0.25, -0.2) is 0 Å². The summed E-state index contributed by atoms with van der Waals surface area (Å²) in [6.45, 7) is 4.91. The van der Waals surface area contributed by atoms with Crippen LogP contribution in [0, 0.1) is 10.8 Å². The van der Waals surface area contributed by atoms with Crippen LogP contribution in [0.25, 0.3) is 0 Å². The van der Waals surface area contributed by atoms with Gasteiger partial charge in [-0.05, 0) is 17.4 Å². The molecule has 2 N–H and O–H groups in total. The molecule has 0 aliphatic carbocycles. The molecule has 0 unspecified atom stereocenters. The molecule has 4 nitrogen and oxygen atoms in total. The molecule has 1 aromatic rings. The van der Waals surface area contributed by atoms with Crippen molar-refractivity contribution in [3.05, 3.63) is 35.9 Å². The zero-order chi connectivity index (χ0) is 14.0. The van der Waals surface area contributed by atoms with E-state index in [1.807, 2.05) is 6.07 Å². The fourth-order valence-corrected chi connectivity index (χ4v) is 2.05. The molecule has 0 atom stereocenters. The minimum absolute atomic E-state index is 0. The molecular weight excluding hydrogens is 369 g/mol. The van der Waals surface area contributed by atoms with Gasteiger partial charge >= 0.3 is 60.8 Å². The first kappa shape index (κ1) is 18.7. The van der Waals surface area contributed by atoms with E-state index in [1.54, 1.807) is 45.0 Å². The van der Waals surface area contributed by atoms with Crippen LogP contribution < -0.4 is 0 Å². The predicted octanol–water partition coefficient (Wildman–Crippen LogP) is 1.51. The number of rotatable bonds is 4. The molecule has 19 heavy (non-hydrogen) atoms. The summed E-state index contributed by atoms with van der Waals surface area (Å²) < 4.78 is 0. The molecule has 0 saturated heterocycles. The van der Waals surface area contributed by atoms with E-state index < -0.39 is 22.8 Å². The van der Waals surface area contributed by atoms with Gasteiger partial charge in [0.05, 0.1) is 0 Å². The number of benzene rings is 1. The molecular formula is C14H20BaO4. The van der Waals surface area contributed by atoms with Gasteiger partial charge in [-0.15, -0.1) is 0 Å². The first-order chi connectivity index (χ1) is 8.22. The van der Waals surface area contributed by atoms with Crippen LogP contribution >= 0.6 is 0 Å². The molecule has 0 heterocycles. The molecule has 0 aliphatic heterocycles. The SMILES string of the molecule is CC(C)(C)C(Cc1ccccc1)(C(=O)O)C(=O)O.[BaH2]. The second-order valence-corrected chi connectivity index (χ2v) is 5.43. The zero-order valence-corrected chi connectivity index (χ0v) is 10.8. The van der Waals surface area contributed by atoms with Crippen molar-refractivity contribution in [3.8, 4) is 0 Å². The van der Waals surface area contributed by atoms with Gasteiger partial charge < -0.3 is 10.2 Å². The zero-order valence-electron chi connectivity index (χ0n) is 10.8. The second-order valence-electron chi connectivity index (χ2n) is 5.43. The third-order valence-corrected chi connectivity index (χ3v) is 3.32. The summed E-state index contributed by atoms with van der Waals surface area (Å²) in [7, 11) is 0. The maximum absolute atomic E-state index is 11.5. The number of hydrogen-bond donors (Lipinski definition) is 2. The minimum atomic E-state index is -1.83. The average molecular weight is 390 g/mol.